The molecule has 2 amide bonds. The van der Waals surface area contributed by atoms with Gasteiger partial charge in [-0.05, 0) is 50.1 Å². The Labute approximate surface area is 258 Å². The lowest BCUT2D eigenvalue weighted by atomic mass is 9.97. The second kappa shape index (κ2) is 12.5. The van der Waals surface area contributed by atoms with Gasteiger partial charge in [-0.15, -0.1) is 0 Å². The standard InChI is InChI=1S/C30H29F6N7O3/c1-3-23(44)42-11-5-6-17(15-42)27-41-24(25-26(37)39-14-21(43(25)27)30(34,35)36)19-8-7-16(12-20(19)46-4-2)28(45)40-22-13-18(9-10-38-22)29(31,32)33/h7-10,12-14,17H,3-6,11,15H2,1-2H3,(H2,37,39)(H,38,40,45). The van der Waals surface area contributed by atoms with Crippen LogP contribution in [0.3, 0.4) is 0 Å². The molecule has 5 rings (SSSR count). The van der Waals surface area contributed by atoms with Gasteiger partial charge in [-0.25, -0.2) is 15.0 Å². The highest BCUT2D eigenvalue weighted by Gasteiger charge is 2.39. The number of pyridine rings is 1. The average molecular weight is 650 g/mol. The van der Waals surface area contributed by atoms with E-state index >= 15 is 0 Å². The van der Waals surface area contributed by atoms with Gasteiger partial charge in [0.2, 0.25) is 5.91 Å². The van der Waals surface area contributed by atoms with Crippen molar-refractivity contribution in [2.45, 2.75) is 51.4 Å². The zero-order chi connectivity index (χ0) is 33.4. The van der Waals surface area contributed by atoms with Crippen molar-refractivity contribution in [1.82, 2.24) is 24.3 Å². The van der Waals surface area contributed by atoms with Crippen LogP contribution in [0.5, 0.6) is 5.75 Å². The molecule has 0 spiro atoms. The van der Waals surface area contributed by atoms with E-state index in [0.717, 1.165) is 16.7 Å². The van der Waals surface area contributed by atoms with Crippen LogP contribution in [-0.2, 0) is 17.1 Å². The summed E-state index contributed by atoms with van der Waals surface area (Å²) in [5, 5.41) is 2.31. The predicted octanol–water partition coefficient (Wildman–Crippen LogP) is 6.18. The largest absolute Gasteiger partial charge is 0.493 e. The van der Waals surface area contributed by atoms with Crippen molar-refractivity contribution in [3.8, 4) is 17.0 Å². The monoisotopic (exact) mass is 649 g/mol. The van der Waals surface area contributed by atoms with E-state index in [2.05, 4.69) is 20.3 Å². The molecule has 3 aromatic heterocycles. The molecule has 1 unspecified atom stereocenters. The van der Waals surface area contributed by atoms with E-state index in [1.807, 2.05) is 0 Å². The number of likely N-dealkylation sites (tertiary alicyclic amines) is 1. The first-order valence-electron chi connectivity index (χ1n) is 14.4. The molecule has 1 aliphatic rings. The van der Waals surface area contributed by atoms with Crippen molar-refractivity contribution in [2.75, 3.05) is 30.7 Å². The second-order valence-corrected chi connectivity index (χ2v) is 10.6. The third-order valence-electron chi connectivity index (χ3n) is 7.57. The van der Waals surface area contributed by atoms with Gasteiger partial charge in [0.05, 0.1) is 18.4 Å². The molecule has 1 fully saturated rings. The Bertz CT molecular complexity index is 1790. The number of piperidine rings is 1. The van der Waals surface area contributed by atoms with Gasteiger partial charge in [0.15, 0.2) is 0 Å². The molecule has 0 saturated carbocycles. The molecule has 0 aliphatic carbocycles. The maximum Gasteiger partial charge on any atom is 0.433 e. The first-order valence-corrected chi connectivity index (χ1v) is 14.4. The average Bonchev–Trinajstić information content (AvgIpc) is 3.41. The van der Waals surface area contributed by atoms with Crippen LogP contribution in [0.25, 0.3) is 16.8 Å². The summed E-state index contributed by atoms with van der Waals surface area (Å²) in [5.74, 6) is -1.98. The summed E-state index contributed by atoms with van der Waals surface area (Å²) in [5.41, 5.74) is 4.13. The van der Waals surface area contributed by atoms with Crippen LogP contribution < -0.4 is 15.8 Å². The Kier molecular flexibility index (Phi) is 8.82. The van der Waals surface area contributed by atoms with E-state index < -0.39 is 35.4 Å². The third kappa shape index (κ3) is 6.41. The summed E-state index contributed by atoms with van der Waals surface area (Å²) in [6, 6.07) is 5.47. The minimum absolute atomic E-state index is 0.0139. The van der Waals surface area contributed by atoms with Gasteiger partial charge in [0.25, 0.3) is 5.91 Å². The first-order chi connectivity index (χ1) is 21.7. The zero-order valence-corrected chi connectivity index (χ0v) is 24.7. The Hall–Kier alpha value is -4.89. The molecule has 4 aromatic rings. The minimum atomic E-state index is -4.83. The number of alkyl halides is 6. The van der Waals surface area contributed by atoms with Crippen LogP contribution in [0.1, 0.15) is 66.5 Å². The molecular weight excluding hydrogens is 620 g/mol. The Morgan fingerprint density at radius 2 is 1.83 bits per heavy atom. The van der Waals surface area contributed by atoms with E-state index in [0.29, 0.717) is 31.6 Å². The number of anilines is 2. The number of nitrogen functional groups attached to an aromatic ring is 1. The van der Waals surface area contributed by atoms with Gasteiger partial charge in [0.1, 0.15) is 40.1 Å². The van der Waals surface area contributed by atoms with Crippen molar-refractivity contribution in [1.29, 1.82) is 0 Å². The summed E-state index contributed by atoms with van der Waals surface area (Å²) in [7, 11) is 0. The van der Waals surface area contributed by atoms with E-state index in [9.17, 15) is 35.9 Å². The molecule has 0 radical (unpaired) electrons. The SMILES string of the molecule is CCOc1cc(C(=O)Nc2cc(C(F)(F)F)ccn2)ccc1-c1nc(C2CCCN(C(=O)CC)C2)n2c(C(F)(F)F)cnc(N)c12. The summed E-state index contributed by atoms with van der Waals surface area (Å²) in [4.78, 5) is 39.3. The number of carbonyl (C=O) groups is 2. The fourth-order valence-corrected chi connectivity index (χ4v) is 5.46. The Morgan fingerprint density at radius 3 is 2.50 bits per heavy atom. The number of amides is 2. The number of halogens is 6. The molecule has 1 atom stereocenters. The van der Waals surface area contributed by atoms with Gasteiger partial charge in [-0.3, -0.25) is 14.0 Å². The van der Waals surface area contributed by atoms with Crippen LogP contribution in [-0.4, -0.2) is 55.8 Å². The van der Waals surface area contributed by atoms with Gasteiger partial charge < -0.3 is 20.7 Å². The van der Waals surface area contributed by atoms with E-state index in [-0.39, 0.29) is 71.0 Å². The lowest BCUT2D eigenvalue weighted by molar-refractivity contribution is -0.142. The number of hydrogen-bond acceptors (Lipinski definition) is 7. The fraction of sp³-hybridized carbons (Fsp3) is 0.367. The minimum Gasteiger partial charge on any atom is -0.493 e. The summed E-state index contributed by atoms with van der Waals surface area (Å²) >= 11 is 0. The second-order valence-electron chi connectivity index (χ2n) is 10.6. The molecule has 46 heavy (non-hydrogen) atoms. The molecular formula is C30H29F6N7O3. The molecule has 1 aromatic carbocycles. The molecule has 0 bridgehead atoms. The van der Waals surface area contributed by atoms with Crippen LogP contribution in [0.15, 0.2) is 42.7 Å². The van der Waals surface area contributed by atoms with Crippen molar-refractivity contribution >= 4 is 29.0 Å². The van der Waals surface area contributed by atoms with E-state index in [4.69, 9.17) is 10.5 Å². The number of nitrogens with two attached hydrogens (primary N) is 1. The highest BCUT2D eigenvalue weighted by atomic mass is 19.4. The van der Waals surface area contributed by atoms with Gasteiger partial charge in [-0.1, -0.05) is 6.92 Å². The molecule has 10 nitrogen and oxygen atoms in total. The number of ether oxygens (including phenoxy) is 1. The van der Waals surface area contributed by atoms with Crippen LogP contribution in [0, 0.1) is 0 Å². The lowest BCUT2D eigenvalue weighted by Gasteiger charge is -2.32. The molecule has 4 heterocycles. The Balaban J connectivity index is 1.62. The summed E-state index contributed by atoms with van der Waals surface area (Å²) in [6.07, 6.45) is -6.68. The van der Waals surface area contributed by atoms with Crippen molar-refractivity contribution in [3.63, 3.8) is 0 Å². The Morgan fingerprint density at radius 1 is 1.07 bits per heavy atom. The number of nitrogens with zero attached hydrogens (tertiary/aromatic N) is 5. The van der Waals surface area contributed by atoms with Gasteiger partial charge >= 0.3 is 12.4 Å². The van der Waals surface area contributed by atoms with Crippen molar-refractivity contribution in [2.24, 2.45) is 0 Å². The smallest absolute Gasteiger partial charge is 0.433 e. The summed E-state index contributed by atoms with van der Waals surface area (Å²) in [6.45, 7) is 4.08. The number of benzene rings is 1. The van der Waals surface area contributed by atoms with Crippen LogP contribution in [0.2, 0.25) is 0 Å². The van der Waals surface area contributed by atoms with Gasteiger partial charge in [0, 0.05) is 42.8 Å². The molecule has 1 saturated heterocycles. The number of aromatic nitrogens is 4. The number of carbonyl (C=O) groups excluding carboxylic acids is 2. The zero-order valence-electron chi connectivity index (χ0n) is 24.7. The quantitative estimate of drug-likeness (QED) is 0.229. The normalized spacial score (nSPS) is 15.7. The van der Waals surface area contributed by atoms with Gasteiger partial charge in [-0.2, -0.15) is 26.3 Å². The highest BCUT2D eigenvalue weighted by Crippen LogP contribution is 2.41. The maximum absolute atomic E-state index is 14.3. The molecule has 3 N–H and O–H groups in total. The fourth-order valence-electron chi connectivity index (χ4n) is 5.46. The van der Waals surface area contributed by atoms with Crippen molar-refractivity contribution < 1.29 is 40.7 Å². The van der Waals surface area contributed by atoms with Crippen LogP contribution in [0.4, 0.5) is 38.0 Å². The predicted molar refractivity (Wildman–Crippen MR) is 155 cm³/mol. The van der Waals surface area contributed by atoms with E-state index in [1.165, 1.54) is 18.2 Å². The van der Waals surface area contributed by atoms with Crippen molar-refractivity contribution in [3.05, 3.63) is 65.4 Å². The van der Waals surface area contributed by atoms with Crippen LogP contribution >= 0.6 is 0 Å². The number of fused-ring (bicyclic) bond motifs is 1. The number of imidazole rings is 1. The first kappa shape index (κ1) is 32.5. The highest BCUT2D eigenvalue weighted by molar-refractivity contribution is 6.04. The van der Waals surface area contributed by atoms with E-state index in [1.54, 1.807) is 18.7 Å². The number of nitrogens with one attached hydrogen (secondary N) is 1. The number of hydrogen-bond donors (Lipinski definition) is 2. The summed E-state index contributed by atoms with van der Waals surface area (Å²) < 4.78 is 89.1. The maximum atomic E-state index is 14.3. The molecule has 16 heteroatoms. The molecule has 244 valence electrons. The molecule has 1 aliphatic heterocycles. The number of rotatable bonds is 7. The third-order valence-corrected chi connectivity index (χ3v) is 7.57. The topological polar surface area (TPSA) is 128 Å². The lowest BCUT2D eigenvalue weighted by Crippen LogP contribution is -2.39.